The van der Waals surface area contributed by atoms with Crippen LogP contribution >= 0.6 is 15.9 Å². The number of carbonyl (C=O) groups is 1. The highest BCUT2D eigenvalue weighted by Crippen LogP contribution is 2.25. The molecular formula is C17H14BrN3O. The van der Waals surface area contributed by atoms with Crippen LogP contribution in [0.25, 0.3) is 0 Å². The predicted molar refractivity (Wildman–Crippen MR) is 90.2 cm³/mol. The lowest BCUT2D eigenvalue weighted by Gasteiger charge is -2.19. The zero-order valence-corrected chi connectivity index (χ0v) is 13.5. The highest BCUT2D eigenvalue weighted by Gasteiger charge is 2.17. The molecule has 110 valence electrons. The molecule has 0 aliphatic heterocycles. The van der Waals surface area contributed by atoms with Gasteiger partial charge in [0.05, 0.1) is 11.6 Å². The van der Waals surface area contributed by atoms with E-state index in [1.165, 1.54) is 13.1 Å². The summed E-state index contributed by atoms with van der Waals surface area (Å²) in [7, 11) is 0. The third-order valence-corrected chi connectivity index (χ3v) is 3.77. The molecule has 0 saturated heterocycles. The van der Waals surface area contributed by atoms with Crippen molar-refractivity contribution in [3.8, 4) is 6.07 Å². The van der Waals surface area contributed by atoms with E-state index in [1.54, 1.807) is 18.2 Å². The summed E-state index contributed by atoms with van der Waals surface area (Å²) in [4.78, 5) is 12.0. The molecule has 0 fully saturated rings. The fraction of sp³-hybridized carbons (Fsp3) is 0.118. The molecule has 0 aliphatic rings. The fourth-order valence-electron chi connectivity index (χ4n) is 2.11. The maximum atomic E-state index is 12.0. The lowest BCUT2D eigenvalue weighted by molar-refractivity contribution is -0.117. The van der Waals surface area contributed by atoms with Gasteiger partial charge in [0, 0.05) is 21.9 Å². The molecule has 0 radical (unpaired) electrons. The van der Waals surface area contributed by atoms with Gasteiger partial charge in [0.1, 0.15) is 6.04 Å². The van der Waals surface area contributed by atoms with Crippen LogP contribution < -0.4 is 5.32 Å². The Balaban J connectivity index is 2.37. The van der Waals surface area contributed by atoms with Gasteiger partial charge in [0.2, 0.25) is 0 Å². The summed E-state index contributed by atoms with van der Waals surface area (Å²) in [6.07, 6.45) is 1.17. The number of anilines is 1. The first-order valence-corrected chi connectivity index (χ1v) is 7.41. The van der Waals surface area contributed by atoms with E-state index < -0.39 is 6.04 Å². The van der Waals surface area contributed by atoms with Crippen LogP contribution in [0.4, 0.5) is 5.69 Å². The molecule has 0 bridgehead atoms. The zero-order valence-electron chi connectivity index (χ0n) is 11.9. The number of nitrogens with one attached hydrogen (secondary N) is 2. The first kappa shape index (κ1) is 15.9. The van der Waals surface area contributed by atoms with Crippen molar-refractivity contribution in [2.75, 3.05) is 5.32 Å². The molecule has 0 aliphatic carbocycles. The molecule has 0 aromatic heterocycles. The number of ketones is 1. The van der Waals surface area contributed by atoms with Crippen molar-refractivity contribution < 1.29 is 4.79 Å². The van der Waals surface area contributed by atoms with Crippen LogP contribution in [0.5, 0.6) is 0 Å². The lowest BCUT2D eigenvalue weighted by Crippen LogP contribution is -2.19. The number of hydrogen-bond donors (Lipinski definition) is 2. The number of nitriles is 1. The number of hydrogen-bond acceptors (Lipinski definition) is 4. The van der Waals surface area contributed by atoms with E-state index in [2.05, 4.69) is 21.2 Å². The second kappa shape index (κ2) is 7.01. The number of nitrogens with zero attached hydrogens (tertiary/aromatic N) is 1. The van der Waals surface area contributed by atoms with E-state index in [-0.39, 0.29) is 5.78 Å². The van der Waals surface area contributed by atoms with Crippen LogP contribution in [0.1, 0.15) is 29.7 Å². The van der Waals surface area contributed by atoms with E-state index in [1.807, 2.05) is 30.3 Å². The molecule has 1 atom stereocenters. The molecule has 2 rings (SSSR count). The minimum absolute atomic E-state index is 0.0254. The van der Waals surface area contributed by atoms with Gasteiger partial charge in [-0.2, -0.15) is 5.26 Å². The van der Waals surface area contributed by atoms with Crippen LogP contribution in [0, 0.1) is 16.7 Å². The summed E-state index contributed by atoms with van der Waals surface area (Å²) in [6.45, 7) is 1.52. The van der Waals surface area contributed by atoms with Crippen molar-refractivity contribution in [3.63, 3.8) is 0 Å². The molecule has 0 heterocycles. The van der Waals surface area contributed by atoms with Gasteiger partial charge in [0.25, 0.3) is 0 Å². The summed E-state index contributed by atoms with van der Waals surface area (Å²) in [5.41, 5.74) is 2.54. The highest BCUT2D eigenvalue weighted by atomic mass is 79.9. The summed E-state index contributed by atoms with van der Waals surface area (Å²) in [6, 6.07) is 14.0. The smallest absolute Gasteiger partial charge is 0.156 e. The van der Waals surface area contributed by atoms with Gasteiger partial charge in [-0.25, -0.2) is 0 Å². The third-order valence-electron chi connectivity index (χ3n) is 3.25. The number of halogens is 1. The molecule has 2 aromatic rings. The van der Waals surface area contributed by atoms with Crippen LogP contribution in [-0.2, 0) is 4.79 Å². The van der Waals surface area contributed by atoms with Crippen LogP contribution in [0.15, 0.2) is 46.9 Å². The van der Waals surface area contributed by atoms with E-state index >= 15 is 0 Å². The quantitative estimate of drug-likeness (QED) is 0.793. The summed E-state index contributed by atoms with van der Waals surface area (Å²) in [5, 5.41) is 19.6. The van der Waals surface area contributed by atoms with Gasteiger partial charge in [-0.15, -0.1) is 0 Å². The predicted octanol–water partition coefficient (Wildman–Crippen LogP) is 4.06. The second-order valence-electron chi connectivity index (χ2n) is 4.80. The van der Waals surface area contributed by atoms with Gasteiger partial charge in [-0.05, 0) is 42.8 Å². The Labute approximate surface area is 137 Å². The van der Waals surface area contributed by atoms with Gasteiger partial charge in [-0.3, -0.25) is 4.79 Å². The maximum Gasteiger partial charge on any atom is 0.156 e. The SMILES string of the molecule is CC(=O)C(Nc1ccc(C#N)cc1C=N)c1ccc(Br)cc1. The molecule has 0 saturated carbocycles. The summed E-state index contributed by atoms with van der Waals surface area (Å²) in [5.74, 6) is -0.0254. The first-order chi connectivity index (χ1) is 10.5. The molecule has 2 aromatic carbocycles. The first-order valence-electron chi connectivity index (χ1n) is 6.62. The molecule has 4 nitrogen and oxygen atoms in total. The van der Waals surface area contributed by atoms with Crippen LogP contribution in [0.3, 0.4) is 0 Å². The van der Waals surface area contributed by atoms with Gasteiger partial charge < -0.3 is 10.7 Å². The molecule has 5 heteroatoms. The average molecular weight is 356 g/mol. The lowest BCUT2D eigenvalue weighted by atomic mass is 10.0. The molecule has 2 N–H and O–H groups in total. The Bertz CT molecular complexity index is 747. The molecular weight excluding hydrogens is 342 g/mol. The van der Waals surface area contributed by atoms with E-state index in [9.17, 15) is 4.79 Å². The Kier molecular flexibility index (Phi) is 5.08. The Hall–Kier alpha value is -2.45. The van der Waals surface area contributed by atoms with Crippen molar-refractivity contribution in [2.24, 2.45) is 0 Å². The minimum Gasteiger partial charge on any atom is -0.371 e. The third kappa shape index (κ3) is 3.60. The molecule has 0 amide bonds. The minimum atomic E-state index is -0.500. The maximum absolute atomic E-state index is 12.0. The van der Waals surface area contributed by atoms with E-state index in [0.29, 0.717) is 16.8 Å². The van der Waals surface area contributed by atoms with Crippen molar-refractivity contribution in [3.05, 3.63) is 63.6 Å². The molecule has 1 unspecified atom stereocenters. The fourth-order valence-corrected chi connectivity index (χ4v) is 2.38. The van der Waals surface area contributed by atoms with Crippen molar-refractivity contribution in [2.45, 2.75) is 13.0 Å². The van der Waals surface area contributed by atoms with Gasteiger partial charge in [0.15, 0.2) is 5.78 Å². The average Bonchev–Trinajstić information content (AvgIpc) is 2.53. The Morgan fingerprint density at radius 3 is 2.55 bits per heavy atom. The van der Waals surface area contributed by atoms with Crippen molar-refractivity contribution in [1.29, 1.82) is 10.7 Å². The number of Topliss-reactive ketones (excluding diaryl/α,β-unsaturated/α-hetero) is 1. The van der Waals surface area contributed by atoms with E-state index in [0.717, 1.165) is 10.0 Å². The summed E-state index contributed by atoms with van der Waals surface area (Å²) < 4.78 is 0.942. The zero-order chi connectivity index (χ0) is 16.1. The number of carbonyl (C=O) groups excluding carboxylic acids is 1. The Morgan fingerprint density at radius 2 is 2.00 bits per heavy atom. The number of rotatable bonds is 5. The Morgan fingerprint density at radius 1 is 1.32 bits per heavy atom. The van der Waals surface area contributed by atoms with Crippen LogP contribution in [-0.4, -0.2) is 12.0 Å². The van der Waals surface area contributed by atoms with Crippen LogP contribution in [0.2, 0.25) is 0 Å². The number of benzene rings is 2. The monoisotopic (exact) mass is 355 g/mol. The highest BCUT2D eigenvalue weighted by molar-refractivity contribution is 9.10. The molecule has 22 heavy (non-hydrogen) atoms. The standard InChI is InChI=1S/C17H14BrN3O/c1-11(22)17(13-3-5-15(18)6-4-13)21-16-7-2-12(9-19)8-14(16)10-20/h2-8,10,17,20-21H,1H3. The topological polar surface area (TPSA) is 76.7 Å². The van der Waals surface area contributed by atoms with E-state index in [4.69, 9.17) is 10.7 Å². The summed E-state index contributed by atoms with van der Waals surface area (Å²) >= 11 is 3.37. The normalized spacial score (nSPS) is 11.3. The van der Waals surface area contributed by atoms with Gasteiger partial charge in [-0.1, -0.05) is 28.1 Å². The van der Waals surface area contributed by atoms with Gasteiger partial charge >= 0.3 is 0 Å². The van der Waals surface area contributed by atoms with Crippen molar-refractivity contribution >= 4 is 33.6 Å². The van der Waals surface area contributed by atoms with Crippen molar-refractivity contribution in [1.82, 2.24) is 0 Å². The second-order valence-corrected chi connectivity index (χ2v) is 5.71. The molecule has 0 spiro atoms. The largest absolute Gasteiger partial charge is 0.371 e.